The Bertz CT molecular complexity index is 745. The highest BCUT2D eigenvalue weighted by molar-refractivity contribution is 5.94. The molecule has 1 heterocycles. The first-order valence-corrected chi connectivity index (χ1v) is 7.06. The minimum atomic E-state index is -0.121. The predicted molar refractivity (Wildman–Crippen MR) is 84.4 cm³/mol. The fraction of sp³-hybridized carbons (Fsp3) is 0.176. The van der Waals surface area contributed by atoms with Gasteiger partial charge in [0.1, 0.15) is 5.82 Å². The molecule has 0 unspecified atom stereocenters. The third-order valence-electron chi connectivity index (χ3n) is 3.38. The highest BCUT2D eigenvalue weighted by atomic mass is 16.5. The average Bonchev–Trinajstić information content (AvgIpc) is 2.96. The lowest BCUT2D eigenvalue weighted by Gasteiger charge is -2.04. The minimum absolute atomic E-state index is 0.121. The number of carbonyl (C=O) groups excluding carboxylic acids is 1. The van der Waals surface area contributed by atoms with Crippen molar-refractivity contribution >= 4 is 16.9 Å². The molecule has 0 spiro atoms. The van der Waals surface area contributed by atoms with Crippen molar-refractivity contribution < 1.29 is 9.53 Å². The Hall–Kier alpha value is -2.66. The molecule has 112 valence electrons. The van der Waals surface area contributed by atoms with Crippen molar-refractivity contribution in [2.75, 3.05) is 7.11 Å². The van der Waals surface area contributed by atoms with Crippen LogP contribution in [0.15, 0.2) is 48.5 Å². The van der Waals surface area contributed by atoms with Crippen LogP contribution in [0.1, 0.15) is 21.7 Å². The number of aromatic amines is 1. The number of carbonyl (C=O) groups is 1. The van der Waals surface area contributed by atoms with E-state index in [1.807, 2.05) is 36.4 Å². The summed E-state index contributed by atoms with van der Waals surface area (Å²) in [4.78, 5) is 19.7. The number of para-hydroxylation sites is 2. The predicted octanol–water partition coefficient (Wildman–Crippen LogP) is 2.64. The summed E-state index contributed by atoms with van der Waals surface area (Å²) in [5, 5.41) is 2.86. The SMILES string of the molecule is COCc1ccc(C(=O)NCc2nc3ccccc3[nH]2)cc1. The average molecular weight is 295 g/mol. The normalized spacial score (nSPS) is 10.8. The zero-order valence-corrected chi connectivity index (χ0v) is 12.3. The molecule has 2 N–H and O–H groups in total. The van der Waals surface area contributed by atoms with E-state index in [9.17, 15) is 4.79 Å². The number of methoxy groups -OCH3 is 1. The van der Waals surface area contributed by atoms with Crippen molar-refractivity contribution in [3.8, 4) is 0 Å². The van der Waals surface area contributed by atoms with Crippen LogP contribution in [0.3, 0.4) is 0 Å². The van der Waals surface area contributed by atoms with E-state index in [4.69, 9.17) is 4.74 Å². The van der Waals surface area contributed by atoms with Gasteiger partial charge in [-0.3, -0.25) is 4.79 Å². The van der Waals surface area contributed by atoms with E-state index in [1.54, 1.807) is 19.2 Å². The maximum Gasteiger partial charge on any atom is 0.251 e. The lowest BCUT2D eigenvalue weighted by Crippen LogP contribution is -2.23. The van der Waals surface area contributed by atoms with Crippen molar-refractivity contribution in [2.24, 2.45) is 0 Å². The van der Waals surface area contributed by atoms with Gasteiger partial charge in [0, 0.05) is 12.7 Å². The largest absolute Gasteiger partial charge is 0.380 e. The Balaban J connectivity index is 1.64. The summed E-state index contributed by atoms with van der Waals surface area (Å²) in [6, 6.07) is 15.1. The molecule has 0 aliphatic carbocycles. The molecule has 0 aliphatic rings. The third-order valence-corrected chi connectivity index (χ3v) is 3.38. The van der Waals surface area contributed by atoms with Gasteiger partial charge < -0.3 is 15.0 Å². The summed E-state index contributed by atoms with van der Waals surface area (Å²) < 4.78 is 5.05. The summed E-state index contributed by atoms with van der Waals surface area (Å²) in [5.74, 6) is 0.620. The molecule has 0 aliphatic heterocycles. The first-order chi connectivity index (χ1) is 10.8. The van der Waals surface area contributed by atoms with Gasteiger partial charge in [0.2, 0.25) is 0 Å². The molecule has 0 radical (unpaired) electrons. The molecule has 0 bridgehead atoms. The monoisotopic (exact) mass is 295 g/mol. The lowest BCUT2D eigenvalue weighted by atomic mass is 10.1. The molecule has 5 heteroatoms. The Morgan fingerprint density at radius 1 is 1.18 bits per heavy atom. The van der Waals surface area contributed by atoms with Gasteiger partial charge in [-0.2, -0.15) is 0 Å². The van der Waals surface area contributed by atoms with Gasteiger partial charge in [-0.25, -0.2) is 4.98 Å². The first kappa shape index (κ1) is 14.3. The van der Waals surface area contributed by atoms with Crippen molar-refractivity contribution in [3.05, 3.63) is 65.5 Å². The van der Waals surface area contributed by atoms with Crippen molar-refractivity contribution in [1.29, 1.82) is 0 Å². The first-order valence-electron chi connectivity index (χ1n) is 7.06. The number of nitrogens with one attached hydrogen (secondary N) is 2. The van der Waals surface area contributed by atoms with Crippen LogP contribution in [0.4, 0.5) is 0 Å². The van der Waals surface area contributed by atoms with Gasteiger partial charge in [-0.15, -0.1) is 0 Å². The molecule has 1 aromatic heterocycles. The van der Waals surface area contributed by atoms with Crippen LogP contribution in [0.2, 0.25) is 0 Å². The Kier molecular flexibility index (Phi) is 4.16. The standard InChI is InChI=1S/C17H17N3O2/c1-22-11-12-6-8-13(9-7-12)17(21)18-10-16-19-14-4-2-3-5-15(14)20-16/h2-9H,10-11H2,1H3,(H,18,21)(H,19,20). The van der Waals surface area contributed by atoms with E-state index in [1.165, 1.54) is 0 Å². The summed E-state index contributed by atoms with van der Waals surface area (Å²) in [7, 11) is 1.65. The molecule has 0 atom stereocenters. The van der Waals surface area contributed by atoms with Crippen LogP contribution < -0.4 is 5.32 Å². The van der Waals surface area contributed by atoms with Gasteiger partial charge in [-0.1, -0.05) is 24.3 Å². The maximum absolute atomic E-state index is 12.1. The zero-order chi connectivity index (χ0) is 15.4. The van der Waals surface area contributed by atoms with Crippen molar-refractivity contribution in [2.45, 2.75) is 13.2 Å². The fourth-order valence-electron chi connectivity index (χ4n) is 2.27. The topological polar surface area (TPSA) is 67.0 Å². The maximum atomic E-state index is 12.1. The molecule has 5 nitrogen and oxygen atoms in total. The number of amides is 1. The van der Waals surface area contributed by atoms with Gasteiger partial charge in [0.25, 0.3) is 5.91 Å². The van der Waals surface area contributed by atoms with E-state index in [2.05, 4.69) is 15.3 Å². The quantitative estimate of drug-likeness (QED) is 0.760. The molecule has 0 fully saturated rings. The Labute approximate surface area is 128 Å². The van der Waals surface area contributed by atoms with Crippen molar-refractivity contribution in [3.63, 3.8) is 0 Å². The molecule has 0 saturated carbocycles. The van der Waals surface area contributed by atoms with Gasteiger partial charge in [0.15, 0.2) is 0 Å². The molecular formula is C17H17N3O2. The number of imidazole rings is 1. The number of fused-ring (bicyclic) bond motifs is 1. The second-order valence-corrected chi connectivity index (χ2v) is 5.01. The van der Waals surface area contributed by atoms with Crippen molar-refractivity contribution in [1.82, 2.24) is 15.3 Å². The zero-order valence-electron chi connectivity index (χ0n) is 12.3. The second kappa shape index (κ2) is 6.41. The molecule has 1 amide bonds. The van der Waals surface area contributed by atoms with E-state index in [0.29, 0.717) is 18.7 Å². The molecule has 3 rings (SSSR count). The van der Waals surface area contributed by atoms with E-state index in [0.717, 1.165) is 22.4 Å². The fourth-order valence-corrected chi connectivity index (χ4v) is 2.27. The number of ether oxygens (including phenoxy) is 1. The number of rotatable bonds is 5. The number of nitrogens with zero attached hydrogens (tertiary/aromatic N) is 1. The van der Waals surface area contributed by atoms with Crippen LogP contribution >= 0.6 is 0 Å². The molecule has 3 aromatic rings. The van der Waals surface area contributed by atoms with Crippen LogP contribution in [0, 0.1) is 0 Å². The molecular weight excluding hydrogens is 278 g/mol. The van der Waals surface area contributed by atoms with E-state index >= 15 is 0 Å². The number of hydrogen-bond acceptors (Lipinski definition) is 3. The Morgan fingerprint density at radius 2 is 1.95 bits per heavy atom. The minimum Gasteiger partial charge on any atom is -0.380 e. The van der Waals surface area contributed by atoms with Gasteiger partial charge in [0.05, 0.1) is 24.2 Å². The number of benzene rings is 2. The van der Waals surface area contributed by atoms with Crippen LogP contribution in [0.25, 0.3) is 11.0 Å². The summed E-state index contributed by atoms with van der Waals surface area (Å²) >= 11 is 0. The van der Waals surface area contributed by atoms with Gasteiger partial charge >= 0.3 is 0 Å². The van der Waals surface area contributed by atoms with Crippen LogP contribution in [0.5, 0.6) is 0 Å². The van der Waals surface area contributed by atoms with Crippen LogP contribution in [-0.4, -0.2) is 23.0 Å². The highest BCUT2D eigenvalue weighted by Crippen LogP contribution is 2.10. The number of hydrogen-bond donors (Lipinski definition) is 2. The Morgan fingerprint density at radius 3 is 2.68 bits per heavy atom. The lowest BCUT2D eigenvalue weighted by molar-refractivity contribution is 0.0950. The van der Waals surface area contributed by atoms with E-state index in [-0.39, 0.29) is 5.91 Å². The smallest absolute Gasteiger partial charge is 0.251 e. The molecule has 0 saturated heterocycles. The summed E-state index contributed by atoms with van der Waals surface area (Å²) in [6.45, 7) is 0.911. The summed E-state index contributed by atoms with van der Waals surface area (Å²) in [5.41, 5.74) is 3.53. The highest BCUT2D eigenvalue weighted by Gasteiger charge is 2.07. The third kappa shape index (κ3) is 3.15. The number of aromatic nitrogens is 2. The van der Waals surface area contributed by atoms with Crippen LogP contribution in [-0.2, 0) is 17.9 Å². The summed E-state index contributed by atoms with van der Waals surface area (Å²) in [6.07, 6.45) is 0. The number of H-pyrrole nitrogens is 1. The second-order valence-electron chi connectivity index (χ2n) is 5.01. The van der Waals surface area contributed by atoms with E-state index < -0.39 is 0 Å². The van der Waals surface area contributed by atoms with Gasteiger partial charge in [-0.05, 0) is 29.8 Å². The molecule has 22 heavy (non-hydrogen) atoms. The molecule has 2 aromatic carbocycles.